The number of aromatic nitrogens is 4. The van der Waals surface area contributed by atoms with Crippen LogP contribution < -0.4 is 5.56 Å². The number of nitrogens with one attached hydrogen (secondary N) is 1. The molecule has 5 nitrogen and oxygen atoms in total. The third-order valence-electron chi connectivity index (χ3n) is 3.88. The molecule has 2 heterocycles. The lowest BCUT2D eigenvalue weighted by Gasteiger charge is -2.06. The third-order valence-corrected chi connectivity index (χ3v) is 3.88. The number of halogens is 2. The number of hydrogen-bond donors (Lipinski definition) is 1. The summed E-state index contributed by atoms with van der Waals surface area (Å²) in [7, 11) is 0. The van der Waals surface area contributed by atoms with Crippen molar-refractivity contribution in [1.29, 1.82) is 0 Å². The average molecular weight is 338 g/mol. The van der Waals surface area contributed by atoms with E-state index in [2.05, 4.69) is 15.0 Å². The normalized spacial score (nSPS) is 11.1. The van der Waals surface area contributed by atoms with Gasteiger partial charge in [-0.3, -0.25) is 4.79 Å². The number of imidazole rings is 1. The topological polar surface area (TPSA) is 63.6 Å². The van der Waals surface area contributed by atoms with E-state index in [0.29, 0.717) is 11.1 Å². The molecule has 2 aromatic heterocycles. The second kappa shape index (κ2) is 5.94. The number of rotatable bonds is 3. The summed E-state index contributed by atoms with van der Waals surface area (Å²) >= 11 is 0. The van der Waals surface area contributed by atoms with Crippen LogP contribution in [0.15, 0.2) is 59.7 Å². The van der Waals surface area contributed by atoms with Crippen molar-refractivity contribution in [2.75, 3.05) is 0 Å². The molecule has 124 valence electrons. The monoisotopic (exact) mass is 338 g/mol. The van der Waals surface area contributed by atoms with E-state index in [-0.39, 0.29) is 29.4 Å². The van der Waals surface area contributed by atoms with Gasteiger partial charge in [-0.15, -0.1) is 0 Å². The van der Waals surface area contributed by atoms with Crippen molar-refractivity contribution in [3.8, 4) is 11.4 Å². The maximum absolute atomic E-state index is 13.8. The SMILES string of the molecule is O=c1[nH]c(-c2cccc(F)c2)nc2ncn(Cc3ccccc3F)c12. The van der Waals surface area contributed by atoms with Crippen molar-refractivity contribution >= 4 is 11.2 Å². The highest BCUT2D eigenvalue weighted by Crippen LogP contribution is 2.17. The summed E-state index contributed by atoms with van der Waals surface area (Å²) in [5.74, 6) is -0.552. The Hall–Kier alpha value is -3.35. The zero-order valence-corrected chi connectivity index (χ0v) is 12.9. The molecule has 0 saturated carbocycles. The minimum Gasteiger partial charge on any atom is -0.320 e. The van der Waals surface area contributed by atoms with Gasteiger partial charge in [0.1, 0.15) is 17.5 Å². The van der Waals surface area contributed by atoms with Gasteiger partial charge in [0.15, 0.2) is 11.2 Å². The molecule has 2 aromatic carbocycles. The van der Waals surface area contributed by atoms with Crippen LogP contribution in [0.1, 0.15) is 5.56 Å². The molecule has 0 radical (unpaired) electrons. The molecule has 4 rings (SSSR count). The van der Waals surface area contributed by atoms with Crippen LogP contribution in [0.25, 0.3) is 22.6 Å². The van der Waals surface area contributed by atoms with Gasteiger partial charge in [-0.05, 0) is 18.2 Å². The van der Waals surface area contributed by atoms with Crippen LogP contribution in [0.3, 0.4) is 0 Å². The lowest BCUT2D eigenvalue weighted by Crippen LogP contribution is -2.14. The number of fused-ring (bicyclic) bond motifs is 1. The molecule has 0 fully saturated rings. The van der Waals surface area contributed by atoms with E-state index in [1.807, 2.05) is 0 Å². The minimum absolute atomic E-state index is 0.160. The fraction of sp³-hybridized carbons (Fsp3) is 0.0556. The van der Waals surface area contributed by atoms with Crippen molar-refractivity contribution < 1.29 is 8.78 Å². The van der Waals surface area contributed by atoms with Crippen LogP contribution in [0, 0.1) is 11.6 Å². The number of H-pyrrole nitrogens is 1. The summed E-state index contributed by atoms with van der Waals surface area (Å²) < 4.78 is 28.7. The second-order valence-corrected chi connectivity index (χ2v) is 5.56. The molecule has 1 N–H and O–H groups in total. The lowest BCUT2D eigenvalue weighted by atomic mass is 10.2. The van der Waals surface area contributed by atoms with E-state index < -0.39 is 11.4 Å². The van der Waals surface area contributed by atoms with Crippen LogP contribution in [0.5, 0.6) is 0 Å². The maximum atomic E-state index is 13.8. The Kier molecular flexibility index (Phi) is 3.61. The molecule has 0 aliphatic rings. The maximum Gasteiger partial charge on any atom is 0.277 e. The van der Waals surface area contributed by atoms with E-state index in [1.165, 1.54) is 35.2 Å². The Morgan fingerprint density at radius 3 is 2.72 bits per heavy atom. The molecular weight excluding hydrogens is 326 g/mol. The average Bonchev–Trinajstić information content (AvgIpc) is 3.00. The molecule has 0 bridgehead atoms. The van der Waals surface area contributed by atoms with Crippen molar-refractivity contribution in [3.05, 3.63) is 82.4 Å². The zero-order chi connectivity index (χ0) is 17.4. The number of nitrogens with zero attached hydrogens (tertiary/aromatic N) is 3. The van der Waals surface area contributed by atoms with Crippen LogP contribution in [0.2, 0.25) is 0 Å². The third kappa shape index (κ3) is 2.80. The summed E-state index contributed by atoms with van der Waals surface area (Å²) in [4.78, 5) is 23.5. The molecule has 0 spiro atoms. The lowest BCUT2D eigenvalue weighted by molar-refractivity contribution is 0.601. The molecule has 25 heavy (non-hydrogen) atoms. The van der Waals surface area contributed by atoms with E-state index in [1.54, 1.807) is 24.3 Å². The summed E-state index contributed by atoms with van der Waals surface area (Å²) in [6.45, 7) is 0.160. The summed E-state index contributed by atoms with van der Waals surface area (Å²) in [6.07, 6.45) is 1.44. The highest BCUT2D eigenvalue weighted by molar-refractivity contribution is 5.72. The molecule has 0 saturated heterocycles. The predicted octanol–water partition coefficient (Wildman–Crippen LogP) is 3.11. The van der Waals surface area contributed by atoms with E-state index in [4.69, 9.17) is 0 Å². The number of aromatic amines is 1. The quantitative estimate of drug-likeness (QED) is 0.624. The standard InChI is InChI=1S/C18H12F2N4O/c19-13-6-3-5-11(8-13)16-22-17-15(18(25)23-16)24(10-21-17)9-12-4-1-2-7-14(12)20/h1-8,10H,9H2,(H,22,23,25). The van der Waals surface area contributed by atoms with Gasteiger partial charge in [-0.25, -0.2) is 18.7 Å². The fourth-order valence-corrected chi connectivity index (χ4v) is 2.69. The van der Waals surface area contributed by atoms with Gasteiger partial charge in [0.25, 0.3) is 5.56 Å². The zero-order valence-electron chi connectivity index (χ0n) is 12.9. The predicted molar refractivity (Wildman–Crippen MR) is 89.0 cm³/mol. The smallest absolute Gasteiger partial charge is 0.277 e. The molecule has 7 heteroatoms. The summed E-state index contributed by atoms with van der Waals surface area (Å²) in [5.41, 5.74) is 0.930. The van der Waals surface area contributed by atoms with E-state index in [9.17, 15) is 13.6 Å². The highest BCUT2D eigenvalue weighted by Gasteiger charge is 2.13. The first kappa shape index (κ1) is 15.2. The Bertz CT molecular complexity index is 1130. The van der Waals surface area contributed by atoms with Gasteiger partial charge < -0.3 is 9.55 Å². The van der Waals surface area contributed by atoms with Gasteiger partial charge in [0.05, 0.1) is 12.9 Å². The van der Waals surface area contributed by atoms with Gasteiger partial charge >= 0.3 is 0 Å². The largest absolute Gasteiger partial charge is 0.320 e. The Morgan fingerprint density at radius 2 is 1.92 bits per heavy atom. The van der Waals surface area contributed by atoms with Gasteiger partial charge in [-0.2, -0.15) is 0 Å². The fourth-order valence-electron chi connectivity index (χ4n) is 2.69. The first-order chi connectivity index (χ1) is 12.1. The van der Waals surface area contributed by atoms with Crippen LogP contribution in [0.4, 0.5) is 8.78 Å². The molecular formula is C18H12F2N4O. The van der Waals surface area contributed by atoms with Crippen molar-refractivity contribution in [1.82, 2.24) is 19.5 Å². The molecule has 4 aromatic rings. The Labute approximate surface area is 140 Å². The Morgan fingerprint density at radius 1 is 1.08 bits per heavy atom. The van der Waals surface area contributed by atoms with Crippen LogP contribution in [-0.4, -0.2) is 19.5 Å². The summed E-state index contributed by atoms with van der Waals surface area (Å²) in [5, 5.41) is 0. The van der Waals surface area contributed by atoms with E-state index >= 15 is 0 Å². The molecule has 0 amide bonds. The van der Waals surface area contributed by atoms with Crippen molar-refractivity contribution in [2.45, 2.75) is 6.54 Å². The van der Waals surface area contributed by atoms with Crippen LogP contribution >= 0.6 is 0 Å². The highest BCUT2D eigenvalue weighted by atomic mass is 19.1. The van der Waals surface area contributed by atoms with Crippen molar-refractivity contribution in [3.63, 3.8) is 0 Å². The first-order valence-electron chi connectivity index (χ1n) is 7.56. The van der Waals surface area contributed by atoms with Crippen LogP contribution in [-0.2, 0) is 6.54 Å². The number of hydrogen-bond acceptors (Lipinski definition) is 3. The summed E-state index contributed by atoms with van der Waals surface area (Å²) in [6, 6.07) is 12.1. The van der Waals surface area contributed by atoms with Crippen molar-refractivity contribution in [2.24, 2.45) is 0 Å². The van der Waals surface area contributed by atoms with Gasteiger partial charge in [-0.1, -0.05) is 30.3 Å². The van der Waals surface area contributed by atoms with Gasteiger partial charge in [0, 0.05) is 11.1 Å². The first-order valence-corrected chi connectivity index (χ1v) is 7.56. The molecule has 0 aliphatic carbocycles. The van der Waals surface area contributed by atoms with Gasteiger partial charge in [0.2, 0.25) is 0 Å². The Balaban J connectivity index is 1.80. The molecule has 0 atom stereocenters. The molecule has 0 unspecified atom stereocenters. The minimum atomic E-state index is -0.426. The number of benzene rings is 2. The molecule has 0 aliphatic heterocycles. The second-order valence-electron chi connectivity index (χ2n) is 5.56. The van der Waals surface area contributed by atoms with E-state index in [0.717, 1.165) is 0 Å².